The number of carbonyl (C=O) groups excluding carboxylic acids is 1. The standard InChI is InChI=1S/C22H21N9O4S3.C2H4O2/c1-31(12-9-13-7-10-25-11-8-13)38(34,35)17-6-5-14(15-3-2-4-16-19(15)26-22(23)36-16)18(20(17)37(24,32)33)21-27-29-30-28-21;1-2(3)4/h2-8,10-11H,9,12H2,1H3,(H2,23,26)(H2,24,32,33)(H,27,28,29,30);1H3,(H,3,4)/p-1. The van der Waals surface area contributed by atoms with Gasteiger partial charge in [0.15, 0.2) is 5.13 Å². The third kappa shape index (κ3) is 6.58. The van der Waals surface area contributed by atoms with Gasteiger partial charge in [0.2, 0.25) is 25.9 Å². The minimum Gasteiger partial charge on any atom is -0.550 e. The van der Waals surface area contributed by atoms with Gasteiger partial charge in [-0.3, -0.25) is 4.98 Å². The van der Waals surface area contributed by atoms with Crippen LogP contribution in [0.5, 0.6) is 0 Å². The molecule has 0 saturated carbocycles. The highest BCUT2D eigenvalue weighted by Crippen LogP contribution is 2.42. The third-order valence-electron chi connectivity index (χ3n) is 5.85. The second-order valence-electron chi connectivity index (χ2n) is 8.72. The van der Waals surface area contributed by atoms with Gasteiger partial charge < -0.3 is 15.6 Å². The van der Waals surface area contributed by atoms with E-state index in [9.17, 15) is 16.8 Å². The van der Waals surface area contributed by atoms with Crippen LogP contribution in [0, 0.1) is 0 Å². The molecule has 5 rings (SSSR count). The summed E-state index contributed by atoms with van der Waals surface area (Å²) in [4.78, 5) is 16.1. The largest absolute Gasteiger partial charge is 0.550 e. The van der Waals surface area contributed by atoms with Crippen LogP contribution in [0.4, 0.5) is 5.13 Å². The van der Waals surface area contributed by atoms with Gasteiger partial charge in [-0.05, 0) is 54.0 Å². The first-order chi connectivity index (χ1) is 19.8. The van der Waals surface area contributed by atoms with Crippen molar-refractivity contribution in [1.29, 1.82) is 0 Å². The van der Waals surface area contributed by atoms with Crippen LogP contribution >= 0.6 is 11.3 Å². The number of hydrogen-bond donors (Lipinski definition) is 3. The van der Waals surface area contributed by atoms with Gasteiger partial charge >= 0.3 is 0 Å². The van der Waals surface area contributed by atoms with Crippen molar-refractivity contribution < 1.29 is 26.7 Å². The van der Waals surface area contributed by atoms with Gasteiger partial charge in [0.25, 0.3) is 0 Å². The number of carboxylic acids is 1. The van der Waals surface area contributed by atoms with E-state index in [0.29, 0.717) is 28.2 Å². The Hall–Kier alpha value is -4.36. The Labute approximate surface area is 244 Å². The van der Waals surface area contributed by atoms with Crippen LogP contribution < -0.4 is 16.0 Å². The summed E-state index contributed by atoms with van der Waals surface area (Å²) >= 11 is 1.26. The zero-order valence-corrected chi connectivity index (χ0v) is 24.6. The number of aromatic nitrogens is 6. The van der Waals surface area contributed by atoms with Crippen molar-refractivity contribution in [2.24, 2.45) is 5.14 Å². The number of fused-ring (bicyclic) bond motifs is 1. The summed E-state index contributed by atoms with van der Waals surface area (Å²) in [6.45, 7) is 1.05. The van der Waals surface area contributed by atoms with Gasteiger partial charge in [-0.2, -0.15) is 5.21 Å². The van der Waals surface area contributed by atoms with Gasteiger partial charge in [-0.25, -0.2) is 31.3 Å². The Morgan fingerprint density at radius 3 is 2.38 bits per heavy atom. The van der Waals surface area contributed by atoms with Crippen LogP contribution in [-0.4, -0.2) is 71.3 Å². The maximum atomic E-state index is 13.7. The van der Waals surface area contributed by atoms with Crippen LogP contribution in [0.1, 0.15) is 12.5 Å². The molecule has 0 saturated heterocycles. The maximum Gasteiger partial charge on any atom is 0.244 e. The van der Waals surface area contributed by atoms with E-state index < -0.39 is 35.8 Å². The molecule has 5 N–H and O–H groups in total. The van der Waals surface area contributed by atoms with Crippen molar-refractivity contribution >= 4 is 52.7 Å². The average Bonchev–Trinajstić information content (AvgIpc) is 3.59. The average molecular weight is 631 g/mol. The molecule has 0 aliphatic heterocycles. The van der Waals surface area contributed by atoms with E-state index in [4.69, 9.17) is 20.8 Å². The summed E-state index contributed by atoms with van der Waals surface area (Å²) in [5.74, 6) is -1.24. The molecule has 18 heteroatoms. The number of carboxylic acid groups (broad SMARTS) is 1. The molecule has 5 aromatic rings. The number of primary sulfonamides is 1. The maximum absolute atomic E-state index is 13.7. The van der Waals surface area contributed by atoms with Crippen LogP contribution in [0.3, 0.4) is 0 Å². The third-order valence-corrected chi connectivity index (χ3v) is 9.72. The number of rotatable bonds is 8. The molecule has 15 nitrogen and oxygen atoms in total. The molecule has 0 aliphatic rings. The Bertz CT molecular complexity index is 1940. The van der Waals surface area contributed by atoms with Crippen molar-refractivity contribution in [3.8, 4) is 22.5 Å². The molecule has 42 heavy (non-hydrogen) atoms. The molecule has 2 aromatic carbocycles. The fraction of sp³-hybridized carbons (Fsp3) is 0.167. The molecule has 0 atom stereocenters. The van der Waals surface area contributed by atoms with E-state index in [1.807, 2.05) is 6.07 Å². The number of pyridine rings is 1. The number of benzene rings is 2. The van der Waals surface area contributed by atoms with Gasteiger partial charge in [-0.1, -0.05) is 29.5 Å². The molecule has 0 unspecified atom stereocenters. The minimum absolute atomic E-state index is 0.0765. The first-order valence-electron chi connectivity index (χ1n) is 11.9. The molecular weight excluding hydrogens is 607 g/mol. The quantitative estimate of drug-likeness (QED) is 0.211. The highest BCUT2D eigenvalue weighted by molar-refractivity contribution is 7.92. The smallest absolute Gasteiger partial charge is 0.244 e. The second-order valence-corrected chi connectivity index (χ2v) is 13.3. The number of likely N-dealkylation sites (N-methyl/N-ethyl adjacent to an activating group) is 1. The van der Waals surface area contributed by atoms with Crippen LogP contribution in [0.25, 0.3) is 32.7 Å². The summed E-state index contributed by atoms with van der Waals surface area (Å²) in [6, 6.07) is 11.5. The number of H-pyrrole nitrogens is 1. The van der Waals surface area contributed by atoms with Crippen molar-refractivity contribution in [3.63, 3.8) is 0 Å². The summed E-state index contributed by atoms with van der Waals surface area (Å²) in [5.41, 5.74) is 7.96. The fourth-order valence-corrected chi connectivity index (χ4v) is 7.57. The van der Waals surface area contributed by atoms with Crippen molar-refractivity contribution in [2.45, 2.75) is 23.1 Å². The topological polar surface area (TPSA) is 244 Å². The number of anilines is 1. The predicted octanol–water partition coefficient (Wildman–Crippen LogP) is 0.387. The molecule has 0 spiro atoms. The summed E-state index contributed by atoms with van der Waals surface area (Å²) in [7, 11) is -7.60. The number of nitrogens with two attached hydrogens (primary N) is 2. The first-order valence-corrected chi connectivity index (χ1v) is 15.7. The van der Waals surface area contributed by atoms with Crippen LogP contribution in [-0.2, 0) is 31.3 Å². The molecule has 0 amide bonds. The lowest BCUT2D eigenvalue weighted by molar-refractivity contribution is -0.302. The van der Waals surface area contributed by atoms with E-state index >= 15 is 0 Å². The van der Waals surface area contributed by atoms with E-state index in [2.05, 4.69) is 30.6 Å². The molecule has 3 aromatic heterocycles. The van der Waals surface area contributed by atoms with Gasteiger partial charge in [0.1, 0.15) is 9.79 Å². The van der Waals surface area contributed by atoms with Gasteiger partial charge in [0.05, 0.1) is 15.8 Å². The fourth-order valence-electron chi connectivity index (χ4n) is 4.07. The number of nitrogens with zero attached hydrogens (tertiary/aromatic N) is 6. The number of sulfonamides is 2. The lowest BCUT2D eigenvalue weighted by Gasteiger charge is -2.21. The zero-order valence-electron chi connectivity index (χ0n) is 22.1. The van der Waals surface area contributed by atoms with Crippen molar-refractivity contribution in [1.82, 2.24) is 34.9 Å². The zero-order chi connectivity index (χ0) is 30.7. The number of aromatic amines is 1. The number of para-hydroxylation sites is 1. The summed E-state index contributed by atoms with van der Waals surface area (Å²) < 4.78 is 55.3. The van der Waals surface area contributed by atoms with E-state index in [1.165, 1.54) is 30.5 Å². The summed E-state index contributed by atoms with van der Waals surface area (Å²) in [6.07, 6.45) is 3.59. The SMILES string of the molecule is CC(=O)[O-].CN(CCc1ccncc1)S(=O)(=O)c1ccc(-c2cccc3sc(N)nc23)c(-c2nn[nH]n2)c1S(N)(=O)=O. The summed E-state index contributed by atoms with van der Waals surface area (Å²) in [5, 5.41) is 28.6. The number of hydrogen-bond acceptors (Lipinski definition) is 13. The van der Waals surface area contributed by atoms with Crippen LogP contribution in [0.15, 0.2) is 64.6 Å². The van der Waals surface area contributed by atoms with Crippen LogP contribution in [0.2, 0.25) is 0 Å². The van der Waals surface area contributed by atoms with E-state index in [-0.39, 0.29) is 17.9 Å². The number of tetrazole rings is 1. The molecule has 0 radical (unpaired) electrons. The Morgan fingerprint density at radius 2 is 1.76 bits per heavy atom. The number of nitrogen functional groups attached to an aromatic ring is 1. The lowest BCUT2D eigenvalue weighted by Crippen LogP contribution is -2.31. The molecule has 0 fully saturated rings. The molecule has 220 valence electrons. The normalized spacial score (nSPS) is 11.8. The first kappa shape index (κ1) is 30.6. The molecule has 0 aliphatic carbocycles. The Kier molecular flexibility index (Phi) is 8.92. The lowest BCUT2D eigenvalue weighted by atomic mass is 9.98. The second kappa shape index (κ2) is 12.2. The molecular formula is C24H24N9O6S3-. The predicted molar refractivity (Wildman–Crippen MR) is 152 cm³/mol. The highest BCUT2D eigenvalue weighted by atomic mass is 32.2. The van der Waals surface area contributed by atoms with E-state index in [0.717, 1.165) is 21.5 Å². The Morgan fingerprint density at radius 1 is 1.07 bits per heavy atom. The minimum atomic E-state index is -4.63. The number of nitrogens with one attached hydrogen (secondary N) is 1. The number of carbonyl (C=O) groups is 1. The number of thiazole rings is 1. The van der Waals surface area contributed by atoms with Gasteiger partial charge in [0, 0.05) is 37.5 Å². The van der Waals surface area contributed by atoms with Crippen molar-refractivity contribution in [3.05, 3.63) is 60.4 Å². The Balaban J connectivity index is 0.000000952. The highest BCUT2D eigenvalue weighted by Gasteiger charge is 2.34. The monoisotopic (exact) mass is 630 g/mol. The number of aliphatic carboxylic acids is 1. The van der Waals surface area contributed by atoms with Gasteiger partial charge in [-0.15, -0.1) is 10.2 Å². The molecule has 3 heterocycles. The molecule has 0 bridgehead atoms. The van der Waals surface area contributed by atoms with Crippen molar-refractivity contribution in [2.75, 3.05) is 19.3 Å². The van der Waals surface area contributed by atoms with E-state index in [1.54, 1.807) is 36.7 Å².